The molecule has 0 aliphatic carbocycles. The predicted octanol–water partition coefficient (Wildman–Crippen LogP) is 5.22. The first-order valence-corrected chi connectivity index (χ1v) is 21.0. The van der Waals surface area contributed by atoms with Crippen molar-refractivity contribution in [1.29, 1.82) is 0 Å². The van der Waals surface area contributed by atoms with Crippen LogP contribution in [0.3, 0.4) is 0 Å². The zero-order chi connectivity index (χ0) is 36.1. The molecule has 0 aromatic carbocycles. The monoisotopic (exact) mass is 798 g/mol. The molecule has 0 spiro atoms. The molecule has 288 valence electrons. The lowest BCUT2D eigenvalue weighted by molar-refractivity contribution is 0.0269. The van der Waals surface area contributed by atoms with Crippen LogP contribution in [0.4, 0.5) is 0 Å². The SMILES string of the molecule is OCCN1Cc2sccc2OCCOCCOCCOc2ccsc2CN(CCO)Cc2sccc2OCCOCCOCCOc2ccsc2C1. The minimum absolute atomic E-state index is 0.0569. The van der Waals surface area contributed by atoms with Crippen LogP contribution >= 0.6 is 45.3 Å². The van der Waals surface area contributed by atoms with Crippen LogP contribution in [-0.2, 0) is 45.1 Å². The molecule has 1 aliphatic rings. The first kappa shape index (κ1) is 40.9. The molecule has 5 heterocycles. The number of β-amino-alcohol motifs (C(OH)–C–C–N with tert-alkyl or cyclic N) is 2. The smallest absolute Gasteiger partial charge is 0.134 e. The Morgan fingerprint density at radius 1 is 0.404 bits per heavy atom. The number of rotatable bonds is 4. The van der Waals surface area contributed by atoms with Gasteiger partial charge in [0.05, 0.1) is 85.6 Å². The van der Waals surface area contributed by atoms with Crippen LogP contribution < -0.4 is 18.9 Å². The normalized spacial score (nSPS) is 18.2. The Morgan fingerprint density at radius 3 is 0.904 bits per heavy atom. The van der Waals surface area contributed by atoms with Crippen LogP contribution in [0, 0.1) is 0 Å². The summed E-state index contributed by atoms with van der Waals surface area (Å²) in [7, 11) is 0. The van der Waals surface area contributed by atoms with E-state index in [0.29, 0.717) is 119 Å². The lowest BCUT2D eigenvalue weighted by Crippen LogP contribution is -2.26. The van der Waals surface area contributed by atoms with Crippen LogP contribution in [0.25, 0.3) is 0 Å². The van der Waals surface area contributed by atoms with Crippen LogP contribution in [0.2, 0.25) is 0 Å². The van der Waals surface area contributed by atoms with Crippen molar-refractivity contribution in [2.45, 2.75) is 26.2 Å². The number of ether oxygens (including phenoxy) is 8. The highest BCUT2D eigenvalue weighted by molar-refractivity contribution is 7.11. The van der Waals surface area contributed by atoms with Gasteiger partial charge >= 0.3 is 0 Å². The van der Waals surface area contributed by atoms with Crippen molar-refractivity contribution < 1.29 is 48.1 Å². The summed E-state index contributed by atoms with van der Waals surface area (Å²) in [6.45, 7) is 9.13. The number of aliphatic hydroxyl groups excluding tert-OH is 2. The Labute approximate surface area is 321 Å². The van der Waals surface area contributed by atoms with Gasteiger partial charge in [0, 0.05) is 39.3 Å². The van der Waals surface area contributed by atoms with E-state index in [1.165, 1.54) is 0 Å². The Hall–Kier alpha value is -2.32. The van der Waals surface area contributed by atoms with Gasteiger partial charge in [-0.05, 0) is 45.8 Å². The fourth-order valence-electron chi connectivity index (χ4n) is 5.30. The summed E-state index contributed by atoms with van der Waals surface area (Å²) in [5.41, 5.74) is 0. The molecule has 0 saturated heterocycles. The Balaban J connectivity index is 1.14. The summed E-state index contributed by atoms with van der Waals surface area (Å²) in [6, 6.07) is 7.93. The number of aliphatic hydroxyl groups is 2. The summed E-state index contributed by atoms with van der Waals surface area (Å²) >= 11 is 6.56. The number of nitrogens with zero attached hydrogens (tertiary/aromatic N) is 2. The zero-order valence-corrected chi connectivity index (χ0v) is 32.7. The van der Waals surface area contributed by atoms with Gasteiger partial charge in [-0.1, -0.05) is 0 Å². The second-order valence-corrected chi connectivity index (χ2v) is 15.5. The average molecular weight is 799 g/mol. The molecule has 52 heavy (non-hydrogen) atoms. The predicted molar refractivity (Wildman–Crippen MR) is 205 cm³/mol. The number of fused-ring (bicyclic) bond motifs is 4. The molecular weight excluding hydrogens is 749 g/mol. The molecule has 0 bridgehead atoms. The summed E-state index contributed by atoms with van der Waals surface area (Å²) < 4.78 is 47.2. The maximum absolute atomic E-state index is 9.79. The molecule has 16 heteroatoms. The highest BCUT2D eigenvalue weighted by atomic mass is 32.1. The Kier molecular flexibility index (Phi) is 19.0. The van der Waals surface area contributed by atoms with Crippen molar-refractivity contribution in [1.82, 2.24) is 9.80 Å². The van der Waals surface area contributed by atoms with E-state index in [1.54, 1.807) is 45.3 Å². The van der Waals surface area contributed by atoms with Crippen molar-refractivity contribution in [3.05, 3.63) is 65.3 Å². The fourth-order valence-corrected chi connectivity index (χ4v) is 8.72. The third-order valence-electron chi connectivity index (χ3n) is 7.80. The minimum Gasteiger partial charge on any atom is -0.490 e. The average Bonchev–Trinajstić information content (AvgIpc) is 3.97. The van der Waals surface area contributed by atoms with Crippen molar-refractivity contribution >= 4 is 45.3 Å². The van der Waals surface area contributed by atoms with E-state index in [0.717, 1.165) is 42.5 Å². The molecule has 0 radical (unpaired) electrons. The Morgan fingerprint density at radius 2 is 0.654 bits per heavy atom. The van der Waals surface area contributed by atoms with E-state index < -0.39 is 0 Å². The van der Waals surface area contributed by atoms with Gasteiger partial charge in [-0.3, -0.25) is 9.80 Å². The standard InChI is InChI=1S/C36H50N2O10S4/c39-7-5-37-25-33-29(1-21-49-33)45-17-13-41-9-10-42-14-19-47-31-3-23-51-35(31)27-38(6-8-40)28-36-32(4-24-52-36)48-20-16-44-12-11-43-15-18-46-30-2-22-50-34(30)26-37/h1-4,21-24,39-40H,5-20,25-28H2. The maximum atomic E-state index is 9.79. The van der Waals surface area contributed by atoms with E-state index in [2.05, 4.69) is 9.80 Å². The van der Waals surface area contributed by atoms with Gasteiger partial charge in [-0.25, -0.2) is 0 Å². The molecule has 12 nitrogen and oxygen atoms in total. The van der Waals surface area contributed by atoms with Crippen LogP contribution in [-0.4, -0.2) is 126 Å². The highest BCUT2D eigenvalue weighted by Gasteiger charge is 2.17. The second-order valence-electron chi connectivity index (χ2n) is 11.5. The second kappa shape index (κ2) is 24.2. The maximum Gasteiger partial charge on any atom is 0.134 e. The molecule has 0 unspecified atom stereocenters. The van der Waals surface area contributed by atoms with Crippen molar-refractivity contribution in [2.24, 2.45) is 0 Å². The van der Waals surface area contributed by atoms with Gasteiger partial charge in [-0.2, -0.15) is 0 Å². The third kappa shape index (κ3) is 14.2. The molecule has 0 atom stereocenters. The summed E-state index contributed by atoms with van der Waals surface area (Å²) in [6.07, 6.45) is 0. The van der Waals surface area contributed by atoms with Crippen molar-refractivity contribution in [3.63, 3.8) is 0 Å². The van der Waals surface area contributed by atoms with E-state index in [9.17, 15) is 10.2 Å². The fraction of sp³-hybridized carbons (Fsp3) is 0.556. The molecule has 4 aromatic heterocycles. The van der Waals surface area contributed by atoms with Crippen molar-refractivity contribution in [2.75, 3.05) is 106 Å². The molecule has 5 rings (SSSR count). The first-order chi connectivity index (χ1) is 25.7. The van der Waals surface area contributed by atoms with E-state index in [-0.39, 0.29) is 13.2 Å². The Bertz CT molecular complexity index is 1300. The van der Waals surface area contributed by atoms with Gasteiger partial charge < -0.3 is 48.1 Å². The summed E-state index contributed by atoms with van der Waals surface area (Å²) in [5, 5.41) is 27.7. The minimum atomic E-state index is 0.0569. The van der Waals surface area contributed by atoms with Crippen LogP contribution in [0.15, 0.2) is 45.8 Å². The quantitative estimate of drug-likeness (QED) is 0.282. The summed E-state index contributed by atoms with van der Waals surface area (Å²) in [5.74, 6) is 3.34. The lowest BCUT2D eigenvalue weighted by atomic mass is 10.3. The largest absolute Gasteiger partial charge is 0.490 e. The van der Waals surface area contributed by atoms with Gasteiger partial charge in [0.25, 0.3) is 0 Å². The highest BCUT2D eigenvalue weighted by Crippen LogP contribution is 2.32. The van der Waals surface area contributed by atoms with Crippen LogP contribution in [0.1, 0.15) is 19.5 Å². The van der Waals surface area contributed by atoms with Gasteiger partial charge in [0.2, 0.25) is 0 Å². The summed E-state index contributed by atoms with van der Waals surface area (Å²) in [4.78, 5) is 8.79. The number of thiophene rings is 4. The van der Waals surface area contributed by atoms with Gasteiger partial charge in [0.1, 0.15) is 49.4 Å². The zero-order valence-electron chi connectivity index (χ0n) is 29.4. The van der Waals surface area contributed by atoms with E-state index >= 15 is 0 Å². The van der Waals surface area contributed by atoms with E-state index in [4.69, 9.17) is 37.9 Å². The van der Waals surface area contributed by atoms with Gasteiger partial charge in [0.15, 0.2) is 0 Å². The van der Waals surface area contributed by atoms with E-state index in [1.807, 2.05) is 45.8 Å². The molecule has 2 N–H and O–H groups in total. The first-order valence-electron chi connectivity index (χ1n) is 17.5. The molecular formula is C36H50N2O10S4. The van der Waals surface area contributed by atoms with Crippen LogP contribution in [0.5, 0.6) is 23.0 Å². The molecule has 1 aliphatic heterocycles. The third-order valence-corrected chi connectivity index (χ3v) is 11.4. The topological polar surface area (TPSA) is 121 Å². The van der Waals surface area contributed by atoms with Gasteiger partial charge in [-0.15, -0.1) is 45.3 Å². The molecule has 0 amide bonds. The molecule has 0 fully saturated rings. The van der Waals surface area contributed by atoms with Crippen molar-refractivity contribution in [3.8, 4) is 23.0 Å². The lowest BCUT2D eigenvalue weighted by Gasteiger charge is -2.21. The molecule has 0 saturated carbocycles. The number of hydrogen-bond donors (Lipinski definition) is 2. The number of hydrogen-bond acceptors (Lipinski definition) is 16. The molecule has 4 aromatic rings.